The Kier molecular flexibility index (Phi) is 4.19. The molecule has 0 radical (unpaired) electrons. The molecule has 2 aromatic heterocycles. The minimum Gasteiger partial charge on any atom is -0.493 e. The summed E-state index contributed by atoms with van der Waals surface area (Å²) in [5.74, 6) is 0.341. The number of ether oxygens (including phenoxy) is 1. The van der Waals surface area contributed by atoms with Crippen molar-refractivity contribution in [1.29, 1.82) is 0 Å². The highest BCUT2D eigenvalue weighted by Gasteiger charge is 2.23. The van der Waals surface area contributed by atoms with E-state index in [4.69, 9.17) is 4.74 Å². The van der Waals surface area contributed by atoms with Gasteiger partial charge in [0.1, 0.15) is 5.69 Å². The maximum Gasteiger partial charge on any atom is 0.232 e. The smallest absolute Gasteiger partial charge is 0.232 e. The number of hydrogen-bond acceptors (Lipinski definition) is 5. The van der Waals surface area contributed by atoms with E-state index < -0.39 is 0 Å². The second-order valence-corrected chi connectivity index (χ2v) is 4.76. The van der Waals surface area contributed by atoms with Gasteiger partial charge in [-0.3, -0.25) is 14.2 Å². The first kappa shape index (κ1) is 14.3. The number of hydrogen-bond donors (Lipinski definition) is 0. The van der Waals surface area contributed by atoms with Crippen molar-refractivity contribution >= 4 is 5.78 Å². The van der Waals surface area contributed by atoms with Crippen LogP contribution in [0.1, 0.15) is 16.2 Å². The third-order valence-corrected chi connectivity index (χ3v) is 3.05. The van der Waals surface area contributed by atoms with Crippen LogP contribution in [0.4, 0.5) is 0 Å². The van der Waals surface area contributed by atoms with E-state index in [-0.39, 0.29) is 5.78 Å². The van der Waals surface area contributed by atoms with Crippen LogP contribution in [0.5, 0.6) is 5.75 Å². The first-order chi connectivity index (χ1) is 9.54. The molecule has 2 heterocycles. The molecule has 0 unspecified atom stereocenters. The highest BCUT2D eigenvalue weighted by atomic mass is 16.5. The molecular weight excluding hydrogens is 258 g/mol. The zero-order valence-electron chi connectivity index (χ0n) is 12.2. The van der Waals surface area contributed by atoms with Crippen molar-refractivity contribution < 1.29 is 9.53 Å². The van der Waals surface area contributed by atoms with Gasteiger partial charge in [0.15, 0.2) is 11.4 Å². The van der Waals surface area contributed by atoms with Crippen LogP contribution in [0.15, 0.2) is 18.5 Å². The van der Waals surface area contributed by atoms with Gasteiger partial charge in [-0.25, -0.2) is 0 Å². The SMILES string of the molecule is COc1cnn(CCN(C)C)c1C(=O)c1ccnn1C. The molecule has 0 bridgehead atoms. The van der Waals surface area contributed by atoms with Crippen LogP contribution in [-0.4, -0.2) is 58.0 Å². The Morgan fingerprint density at radius 2 is 2.15 bits per heavy atom. The molecule has 20 heavy (non-hydrogen) atoms. The van der Waals surface area contributed by atoms with Crippen LogP contribution in [0, 0.1) is 0 Å². The molecule has 0 atom stereocenters. The largest absolute Gasteiger partial charge is 0.493 e. The average molecular weight is 277 g/mol. The number of carbonyl (C=O) groups is 1. The summed E-state index contributed by atoms with van der Waals surface area (Å²) in [5, 5.41) is 8.26. The van der Waals surface area contributed by atoms with Gasteiger partial charge in [0, 0.05) is 19.8 Å². The first-order valence-electron chi connectivity index (χ1n) is 6.31. The molecule has 0 amide bonds. The summed E-state index contributed by atoms with van der Waals surface area (Å²) in [7, 11) is 7.22. The van der Waals surface area contributed by atoms with Gasteiger partial charge in [0.2, 0.25) is 5.78 Å². The predicted octanol–water partition coefficient (Wildman–Crippen LogP) is 0.418. The van der Waals surface area contributed by atoms with E-state index in [0.717, 1.165) is 6.54 Å². The van der Waals surface area contributed by atoms with Crippen LogP contribution in [-0.2, 0) is 13.6 Å². The van der Waals surface area contributed by atoms with Gasteiger partial charge in [-0.15, -0.1) is 0 Å². The minimum atomic E-state index is -0.141. The summed E-state index contributed by atoms with van der Waals surface area (Å²) in [6, 6.07) is 1.69. The number of methoxy groups -OCH3 is 1. The first-order valence-corrected chi connectivity index (χ1v) is 6.31. The Hall–Kier alpha value is -2.15. The van der Waals surface area contributed by atoms with Crippen molar-refractivity contribution in [2.45, 2.75) is 6.54 Å². The van der Waals surface area contributed by atoms with Gasteiger partial charge in [0.25, 0.3) is 0 Å². The number of ketones is 1. The van der Waals surface area contributed by atoms with Crippen LogP contribution in [0.25, 0.3) is 0 Å². The normalized spacial score (nSPS) is 11.1. The lowest BCUT2D eigenvalue weighted by atomic mass is 10.2. The molecular formula is C13H19N5O2. The Labute approximate surface area is 117 Å². The number of likely N-dealkylation sites (N-methyl/N-ethyl adjacent to an activating group) is 1. The summed E-state index contributed by atoms with van der Waals surface area (Å²) in [6.45, 7) is 1.41. The van der Waals surface area contributed by atoms with E-state index in [1.807, 2.05) is 19.0 Å². The third-order valence-electron chi connectivity index (χ3n) is 3.05. The van der Waals surface area contributed by atoms with E-state index >= 15 is 0 Å². The zero-order valence-corrected chi connectivity index (χ0v) is 12.2. The molecule has 0 saturated heterocycles. The standard InChI is InChI=1S/C13H19N5O2/c1-16(2)7-8-18-12(11(20-4)9-15-18)13(19)10-5-6-14-17(10)3/h5-6,9H,7-8H2,1-4H3. The van der Waals surface area contributed by atoms with Gasteiger partial charge in [0.05, 0.1) is 19.9 Å². The van der Waals surface area contributed by atoms with Crippen molar-refractivity contribution in [2.75, 3.05) is 27.7 Å². The van der Waals surface area contributed by atoms with E-state index in [1.165, 1.54) is 7.11 Å². The summed E-state index contributed by atoms with van der Waals surface area (Å²) in [5.41, 5.74) is 0.966. The Morgan fingerprint density at radius 1 is 1.40 bits per heavy atom. The van der Waals surface area contributed by atoms with Gasteiger partial charge < -0.3 is 9.64 Å². The zero-order chi connectivity index (χ0) is 14.7. The van der Waals surface area contributed by atoms with Crippen LogP contribution >= 0.6 is 0 Å². The molecule has 2 rings (SSSR count). The Balaban J connectivity index is 2.36. The number of aromatic nitrogens is 4. The van der Waals surface area contributed by atoms with Gasteiger partial charge in [-0.1, -0.05) is 0 Å². The predicted molar refractivity (Wildman–Crippen MR) is 74.0 cm³/mol. The van der Waals surface area contributed by atoms with Crippen LogP contribution < -0.4 is 4.74 Å². The van der Waals surface area contributed by atoms with E-state index in [2.05, 4.69) is 10.2 Å². The molecule has 108 valence electrons. The molecule has 0 saturated carbocycles. The lowest BCUT2D eigenvalue weighted by molar-refractivity contribution is 0.101. The third kappa shape index (κ3) is 2.72. The Morgan fingerprint density at radius 3 is 2.70 bits per heavy atom. The monoisotopic (exact) mass is 277 g/mol. The highest BCUT2D eigenvalue weighted by molar-refractivity contribution is 6.08. The van der Waals surface area contributed by atoms with Gasteiger partial charge in [-0.05, 0) is 20.2 Å². The fourth-order valence-corrected chi connectivity index (χ4v) is 1.93. The van der Waals surface area contributed by atoms with Crippen molar-refractivity contribution in [3.05, 3.63) is 29.8 Å². The lowest BCUT2D eigenvalue weighted by Gasteiger charge is -2.12. The molecule has 0 aromatic carbocycles. The molecule has 0 aliphatic heterocycles. The molecule has 0 aliphatic rings. The van der Waals surface area contributed by atoms with Crippen molar-refractivity contribution in [3.8, 4) is 5.75 Å². The number of aryl methyl sites for hydroxylation is 1. The quantitative estimate of drug-likeness (QED) is 0.716. The summed E-state index contributed by atoms with van der Waals surface area (Å²) in [6.07, 6.45) is 3.17. The summed E-state index contributed by atoms with van der Waals surface area (Å²) >= 11 is 0. The van der Waals surface area contributed by atoms with Gasteiger partial charge in [-0.2, -0.15) is 10.2 Å². The summed E-state index contributed by atoms with van der Waals surface area (Å²) in [4.78, 5) is 14.7. The highest BCUT2D eigenvalue weighted by Crippen LogP contribution is 2.21. The van der Waals surface area contributed by atoms with Crippen molar-refractivity contribution in [1.82, 2.24) is 24.5 Å². The van der Waals surface area contributed by atoms with E-state index in [1.54, 1.807) is 34.9 Å². The molecule has 0 aliphatic carbocycles. The fraction of sp³-hybridized carbons (Fsp3) is 0.462. The lowest BCUT2D eigenvalue weighted by Crippen LogP contribution is -2.22. The van der Waals surface area contributed by atoms with Crippen molar-refractivity contribution in [3.63, 3.8) is 0 Å². The molecule has 0 N–H and O–H groups in total. The van der Waals surface area contributed by atoms with E-state index in [0.29, 0.717) is 23.7 Å². The minimum absolute atomic E-state index is 0.141. The molecule has 0 fully saturated rings. The fourth-order valence-electron chi connectivity index (χ4n) is 1.93. The number of nitrogens with zero attached hydrogens (tertiary/aromatic N) is 5. The molecule has 7 heteroatoms. The molecule has 0 spiro atoms. The van der Waals surface area contributed by atoms with Gasteiger partial charge >= 0.3 is 0 Å². The van der Waals surface area contributed by atoms with Crippen LogP contribution in [0.3, 0.4) is 0 Å². The van der Waals surface area contributed by atoms with Crippen LogP contribution in [0.2, 0.25) is 0 Å². The average Bonchev–Trinajstić information content (AvgIpc) is 3.01. The number of rotatable bonds is 6. The molecule has 2 aromatic rings. The second kappa shape index (κ2) is 5.87. The topological polar surface area (TPSA) is 65.2 Å². The van der Waals surface area contributed by atoms with E-state index in [9.17, 15) is 4.79 Å². The molecule has 7 nitrogen and oxygen atoms in total. The van der Waals surface area contributed by atoms with Crippen molar-refractivity contribution in [2.24, 2.45) is 7.05 Å². The second-order valence-electron chi connectivity index (χ2n) is 4.76. The summed E-state index contributed by atoms with van der Waals surface area (Å²) < 4.78 is 8.47. The number of carbonyl (C=O) groups excluding carboxylic acids is 1. The maximum absolute atomic E-state index is 12.6. The Bertz CT molecular complexity index is 600. The maximum atomic E-state index is 12.6.